The number of nitrogens with one attached hydrogen (secondary N) is 4. The van der Waals surface area contributed by atoms with Crippen molar-refractivity contribution >= 4 is 31.7 Å². The molecule has 0 spiro atoms. The third kappa shape index (κ3) is 6.66. The van der Waals surface area contributed by atoms with Crippen molar-refractivity contribution in [3.05, 3.63) is 76.9 Å². The summed E-state index contributed by atoms with van der Waals surface area (Å²) < 4.78 is 20.8. The van der Waals surface area contributed by atoms with E-state index in [2.05, 4.69) is 26.0 Å². The Kier molecular flexibility index (Phi) is 8.51. The van der Waals surface area contributed by atoms with Gasteiger partial charge in [-0.05, 0) is 49.6 Å². The molecule has 2 atom stereocenters. The van der Waals surface area contributed by atoms with Gasteiger partial charge in [-0.2, -0.15) is 9.78 Å². The summed E-state index contributed by atoms with van der Waals surface area (Å²) in [6.07, 6.45) is 4.93. The summed E-state index contributed by atoms with van der Waals surface area (Å²) in [5.41, 5.74) is 0.709. The molecule has 208 valence electrons. The van der Waals surface area contributed by atoms with Gasteiger partial charge < -0.3 is 31.2 Å². The van der Waals surface area contributed by atoms with Crippen molar-refractivity contribution in [2.24, 2.45) is 0 Å². The lowest BCUT2D eigenvalue weighted by atomic mass is 9.87. The highest BCUT2D eigenvalue weighted by Gasteiger charge is 2.33. The van der Waals surface area contributed by atoms with Crippen molar-refractivity contribution in [2.45, 2.75) is 37.8 Å². The summed E-state index contributed by atoms with van der Waals surface area (Å²) in [6, 6.07) is 10.5. The van der Waals surface area contributed by atoms with E-state index < -0.39 is 17.4 Å². The van der Waals surface area contributed by atoms with Crippen molar-refractivity contribution in [1.82, 2.24) is 25.4 Å². The van der Waals surface area contributed by atoms with Gasteiger partial charge in [0.05, 0.1) is 5.69 Å². The molecule has 2 amide bonds. The van der Waals surface area contributed by atoms with E-state index in [1.54, 1.807) is 18.2 Å². The van der Waals surface area contributed by atoms with Gasteiger partial charge in [0.1, 0.15) is 35.4 Å². The fourth-order valence-electron chi connectivity index (χ4n) is 4.25. The lowest BCUT2D eigenvalue weighted by molar-refractivity contribution is -0.113. The number of carbonyl (C=O) groups is 2. The summed E-state index contributed by atoms with van der Waals surface area (Å²) >= 11 is 0. The Bertz CT molecular complexity index is 1430. The molecule has 0 saturated heterocycles. The molecule has 3 aromatic rings. The normalized spacial score (nSPS) is 16.3. The number of hydrogen-bond donors (Lipinski definition) is 5. The number of anilines is 1. The van der Waals surface area contributed by atoms with Gasteiger partial charge in [0.25, 0.3) is 11.8 Å². The van der Waals surface area contributed by atoms with E-state index in [1.165, 1.54) is 32.7 Å². The molecule has 13 heteroatoms. The first-order valence-corrected chi connectivity index (χ1v) is 12.8. The Morgan fingerprint density at radius 1 is 1.40 bits per heavy atom. The Labute approximate surface area is 231 Å². The van der Waals surface area contributed by atoms with Gasteiger partial charge in [-0.1, -0.05) is 12.1 Å². The number of benzene rings is 1. The van der Waals surface area contributed by atoms with Crippen molar-refractivity contribution in [1.29, 1.82) is 5.41 Å². The first kappa shape index (κ1) is 28.3. The van der Waals surface area contributed by atoms with Crippen LogP contribution in [0.5, 0.6) is 5.75 Å². The highest BCUT2D eigenvalue weighted by atomic mass is 19.1. The van der Waals surface area contributed by atoms with Crippen LogP contribution in [0, 0.1) is 5.41 Å². The average molecular weight is 547 g/mol. The zero-order valence-electron chi connectivity index (χ0n) is 22.5. The maximum absolute atomic E-state index is 13.8. The lowest BCUT2D eigenvalue weighted by Gasteiger charge is -2.23. The van der Waals surface area contributed by atoms with Crippen LogP contribution in [0.2, 0.25) is 0 Å². The fraction of sp³-hybridized carbons (Fsp3) is 0.296. The molecule has 0 bridgehead atoms. The molecule has 1 aliphatic heterocycles. The van der Waals surface area contributed by atoms with Crippen LogP contribution in [-0.2, 0) is 17.6 Å². The number of aryl methyl sites for hydroxylation is 1. The third-order valence-corrected chi connectivity index (χ3v) is 6.25. The maximum Gasteiger partial charge on any atom is 0.276 e. The quantitative estimate of drug-likeness (QED) is 0.106. The van der Waals surface area contributed by atoms with E-state index in [4.69, 9.17) is 10.1 Å². The number of rotatable bonds is 11. The first-order valence-electron chi connectivity index (χ1n) is 12.8. The van der Waals surface area contributed by atoms with Crippen LogP contribution < -0.4 is 20.7 Å². The summed E-state index contributed by atoms with van der Waals surface area (Å²) in [5, 5.41) is 29.7. The number of pyridine rings is 1. The van der Waals surface area contributed by atoms with Crippen molar-refractivity contribution < 1.29 is 23.8 Å². The van der Waals surface area contributed by atoms with Crippen LogP contribution in [0.25, 0.3) is 5.82 Å². The molecule has 2 aromatic heterocycles. The molecule has 40 heavy (non-hydrogen) atoms. The number of ether oxygens (including phenoxy) is 1. The number of likely N-dealkylation sites (N-methyl/N-ethyl adjacent to an activating group) is 1. The van der Waals surface area contributed by atoms with Gasteiger partial charge in [0.15, 0.2) is 19.5 Å². The zero-order valence-corrected chi connectivity index (χ0v) is 22.5. The van der Waals surface area contributed by atoms with E-state index in [0.717, 1.165) is 11.8 Å². The summed E-state index contributed by atoms with van der Waals surface area (Å²) in [6.45, 7) is 1.40. The van der Waals surface area contributed by atoms with Crippen molar-refractivity contribution in [2.75, 3.05) is 19.0 Å². The van der Waals surface area contributed by atoms with Gasteiger partial charge in [0, 0.05) is 37.5 Å². The molecule has 5 N–H and O–H groups in total. The second kappa shape index (κ2) is 12.0. The largest absolute Gasteiger partial charge is 0.513 e. The molecule has 0 saturated carbocycles. The molecule has 1 aliphatic rings. The van der Waals surface area contributed by atoms with Gasteiger partial charge in [-0.15, -0.1) is 0 Å². The number of hydrogen-bond acceptors (Lipinski definition) is 8. The number of aliphatic hydroxyl groups excluding tert-OH is 1. The number of amides is 2. The van der Waals surface area contributed by atoms with E-state index in [0.29, 0.717) is 48.3 Å². The number of aromatic nitrogens is 3. The van der Waals surface area contributed by atoms with E-state index in [-0.39, 0.29) is 29.7 Å². The number of fused-ring (bicyclic) bond motifs is 1. The number of alkyl halides is 1. The summed E-state index contributed by atoms with van der Waals surface area (Å²) in [7, 11) is 2.94. The second-order valence-corrected chi connectivity index (χ2v) is 9.99. The Balaban J connectivity index is 1.56. The van der Waals surface area contributed by atoms with Crippen LogP contribution in [0.4, 0.5) is 10.2 Å². The van der Waals surface area contributed by atoms with Crippen LogP contribution >= 0.6 is 0 Å². The van der Waals surface area contributed by atoms with E-state index in [1.807, 2.05) is 18.2 Å². The molecule has 11 nitrogen and oxygen atoms in total. The summed E-state index contributed by atoms with van der Waals surface area (Å²) in [5.74, 6) is -0.0340. The summed E-state index contributed by atoms with van der Waals surface area (Å²) in [4.78, 5) is 30.4. The molecule has 0 fully saturated rings. The van der Waals surface area contributed by atoms with Crippen LogP contribution in [-0.4, -0.2) is 71.0 Å². The van der Waals surface area contributed by atoms with Crippen LogP contribution in [0.15, 0.2) is 54.6 Å². The zero-order chi connectivity index (χ0) is 28.9. The Hall–Kier alpha value is -4.68. The van der Waals surface area contributed by atoms with E-state index >= 15 is 0 Å². The smallest absolute Gasteiger partial charge is 0.276 e. The maximum atomic E-state index is 13.8. The molecular weight excluding hydrogens is 516 g/mol. The van der Waals surface area contributed by atoms with Crippen LogP contribution in [0.3, 0.4) is 0 Å². The average Bonchev–Trinajstić information content (AvgIpc) is 3.29. The molecular formula is C27H31BFN7O4. The number of halogens is 1. The highest BCUT2D eigenvalue weighted by Crippen LogP contribution is 2.29. The van der Waals surface area contributed by atoms with Crippen LogP contribution in [0.1, 0.15) is 40.5 Å². The lowest BCUT2D eigenvalue weighted by Crippen LogP contribution is -2.41. The van der Waals surface area contributed by atoms with Gasteiger partial charge >= 0.3 is 0 Å². The monoisotopic (exact) mass is 547 g/mol. The minimum absolute atomic E-state index is 0.0533. The molecule has 0 aliphatic carbocycles. The fourth-order valence-corrected chi connectivity index (χ4v) is 4.25. The van der Waals surface area contributed by atoms with Crippen molar-refractivity contribution in [3.63, 3.8) is 0 Å². The molecule has 2 unspecified atom stereocenters. The number of nitrogens with zero attached hydrogens (tertiary/aromatic N) is 3. The van der Waals surface area contributed by atoms with Crippen molar-refractivity contribution in [3.8, 4) is 11.6 Å². The molecule has 0 radical (unpaired) electrons. The first-order chi connectivity index (χ1) is 19.1. The topological polar surface area (TPSA) is 154 Å². The molecule has 3 heterocycles. The minimum atomic E-state index is -1.44. The Morgan fingerprint density at radius 3 is 2.85 bits per heavy atom. The SMILES string of the molecule is BC(C)(F)COc1cccc(CCC2Cc3nn(-c4ccc(C=N)cn4)c(NC(=O)/C(=C/O)NC)c3C(=O)N2)c1. The minimum Gasteiger partial charge on any atom is -0.513 e. The standard InChI is InChI=1S/C27H31BFN7O4/c1-27(28,29)15-40-19-5-3-4-16(10-19)6-8-18-11-20-23(26(39)33-18)24(34-25(38)21(14-37)31-2)36(35-20)22-9-7-17(12-30)13-32-22/h3-5,7,9-10,12-14,18,30-31,37H,6,8,11,15,28H2,1-2H3,(H,33,39)(H,34,38)/b21-14-,30-12?. The highest BCUT2D eigenvalue weighted by molar-refractivity contribution is 6.14. The molecule has 4 rings (SSSR count). The van der Waals surface area contributed by atoms with Gasteiger partial charge in [-0.25, -0.2) is 4.98 Å². The third-order valence-electron chi connectivity index (χ3n) is 6.25. The second-order valence-electron chi connectivity index (χ2n) is 9.99. The predicted molar refractivity (Wildman–Crippen MR) is 151 cm³/mol. The number of aliphatic hydroxyl groups is 1. The Morgan fingerprint density at radius 2 is 2.20 bits per heavy atom. The predicted octanol–water partition coefficient (Wildman–Crippen LogP) is 1.81. The van der Waals surface area contributed by atoms with Gasteiger partial charge in [-0.3, -0.25) is 14.0 Å². The van der Waals surface area contributed by atoms with Gasteiger partial charge in [0.2, 0.25) is 0 Å². The number of carbonyl (C=O) groups excluding carboxylic acids is 2. The molecule has 1 aromatic carbocycles. The van der Waals surface area contributed by atoms with E-state index in [9.17, 15) is 19.1 Å².